The van der Waals surface area contributed by atoms with Gasteiger partial charge < -0.3 is 4.74 Å². The van der Waals surface area contributed by atoms with E-state index >= 15 is 0 Å². The first-order valence-corrected chi connectivity index (χ1v) is 7.52. The number of amides is 1. The molecule has 0 fully saturated rings. The van der Waals surface area contributed by atoms with E-state index in [0.717, 1.165) is 16.2 Å². The molecule has 0 saturated carbocycles. The summed E-state index contributed by atoms with van der Waals surface area (Å²) in [5.41, 5.74) is 2.76. The van der Waals surface area contributed by atoms with Gasteiger partial charge in [0.2, 0.25) is 0 Å². The van der Waals surface area contributed by atoms with Crippen LogP contribution in [0.25, 0.3) is 0 Å². The topological polar surface area (TPSA) is 61.8 Å². The molecule has 22 heavy (non-hydrogen) atoms. The highest BCUT2D eigenvalue weighted by molar-refractivity contribution is 7.97. The van der Waals surface area contributed by atoms with Crippen LogP contribution in [-0.2, 0) is 11.3 Å². The Hall–Kier alpha value is -2.02. The van der Waals surface area contributed by atoms with E-state index < -0.39 is 5.91 Å². The largest absolute Gasteiger partial charge is 0.497 e. The minimum absolute atomic E-state index is 0.0854. The Labute approximate surface area is 134 Å². The van der Waals surface area contributed by atoms with Crippen LogP contribution < -0.4 is 10.2 Å². The van der Waals surface area contributed by atoms with Crippen molar-refractivity contribution in [2.24, 2.45) is 0 Å². The number of ether oxygens (including phenoxy) is 1. The zero-order valence-corrected chi connectivity index (χ0v) is 13.0. The zero-order chi connectivity index (χ0) is 15.8. The monoisotopic (exact) mass is 318 g/mol. The van der Waals surface area contributed by atoms with Gasteiger partial charge in [0.1, 0.15) is 5.75 Å². The van der Waals surface area contributed by atoms with Crippen LogP contribution in [0.3, 0.4) is 0 Å². The molecule has 2 N–H and O–H groups in total. The number of rotatable bonds is 7. The van der Waals surface area contributed by atoms with Crippen molar-refractivity contribution in [1.82, 2.24) is 9.79 Å². The lowest BCUT2D eigenvalue weighted by Gasteiger charge is -2.20. The number of benzene rings is 2. The van der Waals surface area contributed by atoms with E-state index in [2.05, 4.69) is 0 Å². The van der Waals surface area contributed by atoms with Gasteiger partial charge in [-0.2, -0.15) is 0 Å². The second kappa shape index (κ2) is 8.43. The smallest absolute Gasteiger partial charge is 0.258 e. The summed E-state index contributed by atoms with van der Waals surface area (Å²) in [5, 5.41) is 8.73. The summed E-state index contributed by atoms with van der Waals surface area (Å²) in [7, 11) is 1.62. The van der Waals surface area contributed by atoms with Gasteiger partial charge in [0, 0.05) is 11.4 Å². The molecule has 0 heterocycles. The summed E-state index contributed by atoms with van der Waals surface area (Å²) in [5.74, 6) is 0.337. The Morgan fingerprint density at radius 1 is 1.18 bits per heavy atom. The van der Waals surface area contributed by atoms with Crippen LogP contribution in [-0.4, -0.2) is 29.1 Å². The fraction of sp³-hybridized carbons (Fsp3) is 0.188. The molecule has 0 aromatic heterocycles. The number of carbonyl (C=O) groups is 1. The summed E-state index contributed by atoms with van der Waals surface area (Å²) in [6, 6.07) is 17.5. The van der Waals surface area contributed by atoms with Crippen molar-refractivity contribution in [3.05, 3.63) is 60.2 Å². The predicted octanol–water partition coefficient (Wildman–Crippen LogP) is 2.71. The lowest BCUT2D eigenvalue weighted by Crippen LogP contribution is -2.31. The molecule has 0 atom stereocenters. The van der Waals surface area contributed by atoms with Crippen molar-refractivity contribution in [3.63, 3.8) is 0 Å². The number of nitrogens with one attached hydrogen (secondary N) is 1. The highest BCUT2D eigenvalue weighted by Gasteiger charge is 2.13. The van der Waals surface area contributed by atoms with Crippen molar-refractivity contribution >= 4 is 17.9 Å². The molecule has 1 amide bonds. The normalized spacial score (nSPS) is 10.5. The minimum atomic E-state index is -0.447. The third kappa shape index (κ3) is 5.07. The van der Waals surface area contributed by atoms with Crippen LogP contribution >= 0.6 is 11.9 Å². The maximum absolute atomic E-state index is 11.5. The molecule has 0 aliphatic rings. The van der Waals surface area contributed by atoms with E-state index in [0.29, 0.717) is 6.54 Å². The van der Waals surface area contributed by atoms with Crippen molar-refractivity contribution in [1.29, 1.82) is 0 Å². The van der Waals surface area contributed by atoms with E-state index in [4.69, 9.17) is 9.94 Å². The first-order chi connectivity index (χ1) is 10.7. The molecule has 0 unspecified atom stereocenters. The lowest BCUT2D eigenvalue weighted by atomic mass is 10.2. The minimum Gasteiger partial charge on any atom is -0.497 e. The van der Waals surface area contributed by atoms with Gasteiger partial charge in [-0.15, -0.1) is 0 Å². The summed E-state index contributed by atoms with van der Waals surface area (Å²) < 4.78 is 7.01. The molecule has 0 radical (unpaired) electrons. The van der Waals surface area contributed by atoms with E-state index in [-0.39, 0.29) is 6.54 Å². The molecule has 0 bridgehead atoms. The number of hydrogen-bond acceptors (Lipinski definition) is 5. The second-order valence-electron chi connectivity index (χ2n) is 4.59. The van der Waals surface area contributed by atoms with Crippen molar-refractivity contribution in [2.45, 2.75) is 11.4 Å². The number of hydroxylamine groups is 1. The molecule has 0 spiro atoms. The Morgan fingerprint density at radius 3 is 2.45 bits per heavy atom. The Morgan fingerprint density at radius 2 is 1.86 bits per heavy atom. The maximum Gasteiger partial charge on any atom is 0.258 e. The third-order valence-electron chi connectivity index (χ3n) is 2.94. The van der Waals surface area contributed by atoms with E-state index in [1.165, 1.54) is 11.9 Å². The second-order valence-corrected chi connectivity index (χ2v) is 5.76. The predicted molar refractivity (Wildman–Crippen MR) is 85.6 cm³/mol. The van der Waals surface area contributed by atoms with Crippen molar-refractivity contribution in [2.75, 3.05) is 13.7 Å². The Kier molecular flexibility index (Phi) is 6.27. The molecule has 116 valence electrons. The number of hydrogen-bond donors (Lipinski definition) is 2. The van der Waals surface area contributed by atoms with Crippen LogP contribution in [0, 0.1) is 0 Å². The van der Waals surface area contributed by atoms with Gasteiger partial charge in [0.15, 0.2) is 0 Å². The molecule has 6 heteroatoms. The average Bonchev–Trinajstić information content (AvgIpc) is 2.56. The zero-order valence-electron chi connectivity index (χ0n) is 12.2. The first-order valence-electron chi connectivity index (χ1n) is 6.75. The Balaban J connectivity index is 2.07. The van der Waals surface area contributed by atoms with Crippen LogP contribution in [0.2, 0.25) is 0 Å². The molecule has 0 saturated heterocycles. The summed E-state index contributed by atoms with van der Waals surface area (Å²) >= 11 is 1.45. The molecular weight excluding hydrogens is 300 g/mol. The lowest BCUT2D eigenvalue weighted by molar-refractivity contribution is -0.129. The SMILES string of the molecule is COc1ccc(SN(CC(=O)NO)Cc2ccccc2)cc1. The molecule has 2 aromatic carbocycles. The van der Waals surface area contributed by atoms with E-state index in [1.54, 1.807) is 12.6 Å². The Bertz CT molecular complexity index is 590. The number of methoxy groups -OCH3 is 1. The highest BCUT2D eigenvalue weighted by Crippen LogP contribution is 2.26. The van der Waals surface area contributed by atoms with Gasteiger partial charge in [0.25, 0.3) is 5.91 Å². The molecule has 5 nitrogen and oxygen atoms in total. The van der Waals surface area contributed by atoms with Gasteiger partial charge in [-0.3, -0.25) is 10.0 Å². The van der Waals surface area contributed by atoms with Crippen LogP contribution in [0.4, 0.5) is 0 Å². The number of carbonyl (C=O) groups excluding carboxylic acids is 1. The van der Waals surface area contributed by atoms with Crippen LogP contribution in [0.1, 0.15) is 5.56 Å². The first kappa shape index (κ1) is 16.4. The molecular formula is C16H18N2O3S. The van der Waals surface area contributed by atoms with Crippen LogP contribution in [0.5, 0.6) is 5.75 Å². The van der Waals surface area contributed by atoms with Crippen molar-refractivity contribution < 1.29 is 14.7 Å². The van der Waals surface area contributed by atoms with Crippen molar-refractivity contribution in [3.8, 4) is 5.75 Å². The molecule has 0 aliphatic carbocycles. The van der Waals surface area contributed by atoms with E-state index in [1.807, 2.05) is 58.9 Å². The summed E-state index contributed by atoms with van der Waals surface area (Å²) in [6.07, 6.45) is 0. The molecule has 2 rings (SSSR count). The quantitative estimate of drug-likeness (QED) is 0.467. The molecule has 0 aliphatic heterocycles. The fourth-order valence-corrected chi connectivity index (χ4v) is 2.84. The maximum atomic E-state index is 11.5. The average molecular weight is 318 g/mol. The van der Waals surface area contributed by atoms with Gasteiger partial charge in [0.05, 0.1) is 13.7 Å². The van der Waals surface area contributed by atoms with Crippen LogP contribution in [0.15, 0.2) is 59.5 Å². The van der Waals surface area contributed by atoms with E-state index in [9.17, 15) is 4.79 Å². The standard InChI is InChI=1S/C16H18N2O3S/c1-21-14-7-9-15(10-8-14)22-18(12-16(19)17-20)11-13-5-3-2-4-6-13/h2-10,20H,11-12H2,1H3,(H,17,19). The highest BCUT2D eigenvalue weighted by atomic mass is 32.2. The van der Waals surface area contributed by atoms with Gasteiger partial charge in [-0.25, -0.2) is 9.79 Å². The third-order valence-corrected chi connectivity index (χ3v) is 3.94. The fourth-order valence-electron chi connectivity index (χ4n) is 1.89. The van der Waals surface area contributed by atoms with Gasteiger partial charge in [-0.05, 0) is 41.8 Å². The summed E-state index contributed by atoms with van der Waals surface area (Å²) in [6.45, 7) is 0.674. The number of nitrogens with zero attached hydrogens (tertiary/aromatic N) is 1. The van der Waals surface area contributed by atoms with Gasteiger partial charge >= 0.3 is 0 Å². The van der Waals surface area contributed by atoms with Gasteiger partial charge in [-0.1, -0.05) is 30.3 Å². The summed E-state index contributed by atoms with van der Waals surface area (Å²) in [4.78, 5) is 12.5. The molecule has 2 aromatic rings.